The number of ether oxygens (including phenoxy) is 2. The Labute approximate surface area is 103 Å². The molecule has 1 aromatic heterocycles. The van der Waals surface area contributed by atoms with Crippen LogP contribution in [0.4, 0.5) is 0 Å². The van der Waals surface area contributed by atoms with Gasteiger partial charge in [-0.2, -0.15) is 5.10 Å². The van der Waals surface area contributed by atoms with E-state index in [1.54, 1.807) is 18.8 Å². The van der Waals surface area contributed by atoms with E-state index in [0.29, 0.717) is 30.8 Å². The molecule has 8 heteroatoms. The van der Waals surface area contributed by atoms with Crippen LogP contribution < -0.4 is 0 Å². The molecule has 17 heavy (non-hydrogen) atoms. The monoisotopic (exact) mass is 261 g/mol. The summed E-state index contributed by atoms with van der Waals surface area (Å²) in [7, 11) is 3.32. The van der Waals surface area contributed by atoms with Crippen molar-refractivity contribution in [1.29, 1.82) is 0 Å². The number of aryl methyl sites for hydroxylation is 1. The van der Waals surface area contributed by atoms with Crippen molar-refractivity contribution in [2.75, 3.05) is 26.1 Å². The highest BCUT2D eigenvalue weighted by molar-refractivity contribution is 7.99. The lowest BCUT2D eigenvalue weighted by molar-refractivity contribution is -0.133. The van der Waals surface area contributed by atoms with Crippen LogP contribution >= 0.6 is 11.8 Å². The second-order valence-corrected chi connectivity index (χ2v) is 4.10. The van der Waals surface area contributed by atoms with Crippen molar-refractivity contribution in [2.45, 2.75) is 11.8 Å². The Kier molecular flexibility index (Phi) is 5.95. The first-order valence-corrected chi connectivity index (χ1v) is 5.93. The van der Waals surface area contributed by atoms with E-state index in [1.807, 2.05) is 0 Å². The van der Waals surface area contributed by atoms with E-state index in [1.165, 1.54) is 0 Å². The Balaban J connectivity index is 2.41. The van der Waals surface area contributed by atoms with Gasteiger partial charge in [0.25, 0.3) is 0 Å². The average molecular weight is 261 g/mol. The largest absolute Gasteiger partial charge is 0.481 e. The molecule has 1 N–H and O–H groups in total. The van der Waals surface area contributed by atoms with Crippen LogP contribution in [0.15, 0.2) is 5.16 Å². The number of nitrogens with zero attached hydrogens (tertiary/aromatic N) is 3. The van der Waals surface area contributed by atoms with Gasteiger partial charge in [-0.15, -0.1) is 0 Å². The first-order chi connectivity index (χ1) is 8.13. The zero-order valence-corrected chi connectivity index (χ0v) is 10.6. The molecule has 0 saturated carbocycles. The summed E-state index contributed by atoms with van der Waals surface area (Å²) in [5.74, 6) is -0.372. The molecule has 0 aliphatic rings. The van der Waals surface area contributed by atoms with E-state index < -0.39 is 5.97 Å². The number of methoxy groups -OCH3 is 1. The molecule has 0 fully saturated rings. The topological polar surface area (TPSA) is 86.5 Å². The molecule has 1 rings (SSSR count). The summed E-state index contributed by atoms with van der Waals surface area (Å²) in [6.45, 7) is 1.30. The zero-order valence-electron chi connectivity index (χ0n) is 9.75. The molecule has 7 nitrogen and oxygen atoms in total. The molecule has 0 aliphatic heterocycles. The van der Waals surface area contributed by atoms with E-state index in [-0.39, 0.29) is 5.75 Å². The minimum absolute atomic E-state index is 0.0312. The maximum Gasteiger partial charge on any atom is 0.313 e. The van der Waals surface area contributed by atoms with Gasteiger partial charge in [-0.1, -0.05) is 11.8 Å². The predicted molar refractivity (Wildman–Crippen MR) is 60.9 cm³/mol. The third-order valence-corrected chi connectivity index (χ3v) is 2.76. The molecule has 0 saturated heterocycles. The van der Waals surface area contributed by atoms with E-state index in [2.05, 4.69) is 10.1 Å². The van der Waals surface area contributed by atoms with Crippen molar-refractivity contribution in [2.24, 2.45) is 7.05 Å². The summed E-state index contributed by atoms with van der Waals surface area (Å²) in [5, 5.41) is 13.2. The van der Waals surface area contributed by atoms with E-state index in [0.717, 1.165) is 11.8 Å². The molecule has 0 spiro atoms. The van der Waals surface area contributed by atoms with Crippen LogP contribution in [-0.2, 0) is 27.9 Å². The lowest BCUT2D eigenvalue weighted by Crippen LogP contribution is -2.03. The highest BCUT2D eigenvalue weighted by Crippen LogP contribution is 2.14. The number of aliphatic carboxylic acids is 1. The van der Waals surface area contributed by atoms with Crippen LogP contribution in [0.25, 0.3) is 0 Å². The quantitative estimate of drug-likeness (QED) is 0.526. The number of hydrogen-bond acceptors (Lipinski definition) is 6. The molecule has 0 amide bonds. The molecule has 0 atom stereocenters. The van der Waals surface area contributed by atoms with Gasteiger partial charge in [-0.3, -0.25) is 4.79 Å². The van der Waals surface area contributed by atoms with Crippen molar-refractivity contribution in [3.8, 4) is 0 Å². The highest BCUT2D eigenvalue weighted by atomic mass is 32.2. The third-order valence-electron chi connectivity index (χ3n) is 1.75. The van der Waals surface area contributed by atoms with Crippen molar-refractivity contribution >= 4 is 17.7 Å². The Morgan fingerprint density at radius 2 is 2.29 bits per heavy atom. The van der Waals surface area contributed by atoms with E-state index in [9.17, 15) is 4.79 Å². The number of thioether (sulfide) groups is 1. The van der Waals surface area contributed by atoms with Crippen LogP contribution in [-0.4, -0.2) is 51.9 Å². The summed E-state index contributed by atoms with van der Waals surface area (Å²) in [6, 6.07) is 0. The van der Waals surface area contributed by atoms with E-state index >= 15 is 0 Å². The van der Waals surface area contributed by atoms with Gasteiger partial charge < -0.3 is 14.6 Å². The van der Waals surface area contributed by atoms with Gasteiger partial charge in [0.05, 0.1) is 19.0 Å². The van der Waals surface area contributed by atoms with Gasteiger partial charge in [-0.25, -0.2) is 9.67 Å². The number of carboxylic acid groups (broad SMARTS) is 1. The summed E-state index contributed by atoms with van der Waals surface area (Å²) < 4.78 is 11.6. The van der Waals surface area contributed by atoms with Gasteiger partial charge in [0.15, 0.2) is 11.0 Å². The van der Waals surface area contributed by atoms with Gasteiger partial charge >= 0.3 is 5.97 Å². The molecule has 96 valence electrons. The molecule has 0 aliphatic carbocycles. The van der Waals surface area contributed by atoms with Crippen molar-refractivity contribution in [3.63, 3.8) is 0 Å². The number of carboxylic acids is 1. The minimum Gasteiger partial charge on any atom is -0.481 e. The number of rotatable bonds is 8. The fraction of sp³-hybridized carbons (Fsp3) is 0.667. The third kappa shape index (κ3) is 5.16. The molecule has 0 unspecified atom stereocenters. The summed E-state index contributed by atoms with van der Waals surface area (Å²) in [6.07, 6.45) is 0. The first kappa shape index (κ1) is 13.9. The molecule has 0 aromatic carbocycles. The lowest BCUT2D eigenvalue weighted by Gasteiger charge is -1.98. The second-order valence-electron chi connectivity index (χ2n) is 3.16. The Morgan fingerprint density at radius 1 is 1.53 bits per heavy atom. The minimum atomic E-state index is -0.879. The average Bonchev–Trinajstić information content (AvgIpc) is 2.63. The lowest BCUT2D eigenvalue weighted by atomic mass is 10.6. The van der Waals surface area contributed by atoms with Crippen LogP contribution in [0, 0.1) is 0 Å². The highest BCUT2D eigenvalue weighted by Gasteiger charge is 2.09. The maximum atomic E-state index is 10.4. The number of aromatic nitrogens is 3. The van der Waals surface area contributed by atoms with Crippen LogP contribution in [0.3, 0.4) is 0 Å². The number of hydrogen-bond donors (Lipinski definition) is 1. The standard InChI is InChI=1S/C9H15N3O4S/c1-12-9(17-6-8(13)14)10-7(11-12)5-16-4-3-15-2/h3-6H2,1-2H3,(H,13,14). The Bertz CT molecular complexity index is 369. The Hall–Kier alpha value is -1.12. The predicted octanol–water partition coefficient (Wildman–Crippen LogP) is 0.155. The molecule has 0 bridgehead atoms. The Morgan fingerprint density at radius 3 is 2.94 bits per heavy atom. The van der Waals surface area contributed by atoms with Crippen molar-refractivity contribution in [3.05, 3.63) is 5.82 Å². The molecule has 0 radical (unpaired) electrons. The van der Waals surface area contributed by atoms with Gasteiger partial charge in [0.1, 0.15) is 6.61 Å². The molecule has 1 heterocycles. The summed E-state index contributed by atoms with van der Waals surface area (Å²) in [4.78, 5) is 14.6. The SMILES string of the molecule is COCCOCc1nc(SCC(=O)O)n(C)n1. The van der Waals surface area contributed by atoms with Crippen molar-refractivity contribution < 1.29 is 19.4 Å². The molecular weight excluding hydrogens is 246 g/mol. The number of carbonyl (C=O) groups is 1. The van der Waals surface area contributed by atoms with Crippen molar-refractivity contribution in [1.82, 2.24) is 14.8 Å². The van der Waals surface area contributed by atoms with Crippen LogP contribution in [0.5, 0.6) is 0 Å². The fourth-order valence-electron chi connectivity index (χ4n) is 1.04. The first-order valence-electron chi connectivity index (χ1n) is 4.94. The van der Waals surface area contributed by atoms with Crippen LogP contribution in [0.2, 0.25) is 0 Å². The van der Waals surface area contributed by atoms with Gasteiger partial charge in [0.2, 0.25) is 0 Å². The van der Waals surface area contributed by atoms with Gasteiger partial charge in [0, 0.05) is 14.2 Å². The smallest absolute Gasteiger partial charge is 0.313 e. The zero-order chi connectivity index (χ0) is 12.7. The summed E-state index contributed by atoms with van der Waals surface area (Å²) in [5.41, 5.74) is 0. The fourth-order valence-corrected chi connectivity index (χ4v) is 1.69. The second kappa shape index (κ2) is 7.25. The summed E-state index contributed by atoms with van der Waals surface area (Å²) >= 11 is 1.13. The maximum absolute atomic E-state index is 10.4. The van der Waals surface area contributed by atoms with E-state index in [4.69, 9.17) is 14.6 Å². The molecule has 1 aromatic rings. The normalized spacial score (nSPS) is 10.7. The van der Waals surface area contributed by atoms with Gasteiger partial charge in [-0.05, 0) is 0 Å². The van der Waals surface area contributed by atoms with Crippen LogP contribution in [0.1, 0.15) is 5.82 Å². The molecular formula is C9H15N3O4S.